The van der Waals surface area contributed by atoms with E-state index in [9.17, 15) is 26.7 Å². The number of aliphatic hydroxyl groups excluding tert-OH is 1. The zero-order chi connectivity index (χ0) is 15.6. The molecule has 1 heterocycles. The molecule has 0 bridgehead atoms. The van der Waals surface area contributed by atoms with Crippen molar-refractivity contribution in [2.75, 3.05) is 6.54 Å². The van der Waals surface area contributed by atoms with Gasteiger partial charge in [-0.1, -0.05) is 18.5 Å². The van der Waals surface area contributed by atoms with Gasteiger partial charge in [-0.15, -0.1) is 0 Å². The largest absolute Gasteiger partial charge is 0.417 e. The van der Waals surface area contributed by atoms with Crippen molar-refractivity contribution in [1.82, 2.24) is 9.71 Å². The second-order valence-corrected chi connectivity index (χ2v) is 6.02. The summed E-state index contributed by atoms with van der Waals surface area (Å²) < 4.78 is 63.2. The van der Waals surface area contributed by atoms with Gasteiger partial charge in [-0.3, -0.25) is 0 Å². The van der Waals surface area contributed by atoms with Crippen LogP contribution in [0, 0.1) is 0 Å². The number of hydrogen-bond donors (Lipinski definition) is 2. The Morgan fingerprint density at radius 2 is 2.10 bits per heavy atom. The number of pyridine rings is 1. The van der Waals surface area contributed by atoms with Crippen molar-refractivity contribution in [3.05, 3.63) is 23.0 Å². The Hall–Kier alpha value is -0.900. The number of aliphatic hydroxyl groups is 1. The predicted octanol–water partition coefficient (Wildman–Crippen LogP) is 1.80. The molecule has 2 N–H and O–H groups in total. The minimum atomic E-state index is -4.73. The SMILES string of the molecule is CCC(O)CNS(=O)(=O)c1cc(C(F)(F)F)cnc1Cl. The standard InChI is InChI=1S/C10H12ClF3N2O3S/c1-2-7(17)5-16-20(18,19)8-3-6(10(12,13)14)4-15-9(8)11/h3-4,7,16-17H,2,5H2,1H3. The van der Waals surface area contributed by atoms with E-state index in [0.717, 1.165) is 0 Å². The third-order valence-electron chi connectivity index (χ3n) is 2.40. The van der Waals surface area contributed by atoms with Gasteiger partial charge >= 0.3 is 6.18 Å². The van der Waals surface area contributed by atoms with Crippen molar-refractivity contribution in [3.63, 3.8) is 0 Å². The van der Waals surface area contributed by atoms with E-state index in [-0.39, 0.29) is 13.0 Å². The number of nitrogens with zero attached hydrogens (tertiary/aromatic N) is 1. The number of alkyl halides is 3. The van der Waals surface area contributed by atoms with Crippen LogP contribution in [-0.2, 0) is 16.2 Å². The van der Waals surface area contributed by atoms with Crippen LogP contribution in [0.2, 0.25) is 5.15 Å². The highest BCUT2D eigenvalue weighted by Gasteiger charge is 2.33. The average Bonchev–Trinajstić information content (AvgIpc) is 2.34. The lowest BCUT2D eigenvalue weighted by atomic mass is 10.3. The molecule has 0 saturated heterocycles. The van der Waals surface area contributed by atoms with Crippen LogP contribution in [0.4, 0.5) is 13.2 Å². The molecule has 1 rings (SSSR count). The predicted molar refractivity (Wildman–Crippen MR) is 65.7 cm³/mol. The lowest BCUT2D eigenvalue weighted by molar-refractivity contribution is -0.138. The van der Waals surface area contributed by atoms with Crippen LogP contribution in [0.1, 0.15) is 18.9 Å². The van der Waals surface area contributed by atoms with E-state index in [4.69, 9.17) is 11.6 Å². The summed E-state index contributed by atoms with van der Waals surface area (Å²) in [6.45, 7) is 1.29. The van der Waals surface area contributed by atoms with Crippen molar-refractivity contribution in [1.29, 1.82) is 0 Å². The highest BCUT2D eigenvalue weighted by Crippen LogP contribution is 2.31. The fraction of sp³-hybridized carbons (Fsp3) is 0.500. The third kappa shape index (κ3) is 4.30. The average molecular weight is 333 g/mol. The maximum Gasteiger partial charge on any atom is 0.417 e. The number of sulfonamides is 1. The second kappa shape index (κ2) is 6.25. The smallest absolute Gasteiger partial charge is 0.392 e. The van der Waals surface area contributed by atoms with Gasteiger partial charge in [-0.25, -0.2) is 18.1 Å². The Balaban J connectivity index is 3.11. The van der Waals surface area contributed by atoms with Gasteiger partial charge in [0.2, 0.25) is 10.0 Å². The molecule has 0 fully saturated rings. The Morgan fingerprint density at radius 3 is 2.60 bits per heavy atom. The fourth-order valence-electron chi connectivity index (χ4n) is 1.20. The van der Waals surface area contributed by atoms with Crippen LogP contribution in [0.3, 0.4) is 0 Å². The molecule has 0 amide bonds. The number of aromatic nitrogens is 1. The van der Waals surface area contributed by atoms with Crippen LogP contribution in [-0.4, -0.2) is 31.2 Å². The molecule has 0 aliphatic rings. The quantitative estimate of drug-likeness (QED) is 0.806. The van der Waals surface area contributed by atoms with E-state index in [2.05, 4.69) is 4.98 Å². The molecule has 0 aliphatic carbocycles. The molecule has 1 aromatic rings. The van der Waals surface area contributed by atoms with Gasteiger partial charge < -0.3 is 5.11 Å². The van der Waals surface area contributed by atoms with Gasteiger partial charge in [-0.05, 0) is 12.5 Å². The first-order valence-corrected chi connectivity index (χ1v) is 7.34. The van der Waals surface area contributed by atoms with E-state index in [1.165, 1.54) is 0 Å². The summed E-state index contributed by atoms with van der Waals surface area (Å²) in [5, 5.41) is 8.69. The van der Waals surface area contributed by atoms with Crippen LogP contribution in [0.25, 0.3) is 0 Å². The maximum absolute atomic E-state index is 12.5. The molecule has 10 heteroatoms. The Morgan fingerprint density at radius 1 is 1.50 bits per heavy atom. The number of nitrogens with one attached hydrogen (secondary N) is 1. The molecule has 1 aromatic heterocycles. The normalized spacial score (nSPS) is 14.3. The summed E-state index contributed by atoms with van der Waals surface area (Å²) >= 11 is 5.52. The van der Waals surface area contributed by atoms with E-state index < -0.39 is 37.9 Å². The molecule has 20 heavy (non-hydrogen) atoms. The van der Waals surface area contributed by atoms with Gasteiger partial charge in [0, 0.05) is 12.7 Å². The first kappa shape index (κ1) is 17.2. The van der Waals surface area contributed by atoms with E-state index >= 15 is 0 Å². The van der Waals surface area contributed by atoms with Gasteiger partial charge in [0.1, 0.15) is 10.0 Å². The summed E-state index contributed by atoms with van der Waals surface area (Å²) in [4.78, 5) is 2.44. The van der Waals surface area contributed by atoms with Gasteiger partial charge in [0.05, 0.1) is 11.7 Å². The van der Waals surface area contributed by atoms with Crippen LogP contribution in [0.5, 0.6) is 0 Å². The summed E-state index contributed by atoms with van der Waals surface area (Å²) in [5.41, 5.74) is -1.22. The molecule has 0 saturated carbocycles. The Labute approximate surface area is 118 Å². The van der Waals surface area contributed by atoms with E-state index in [1.54, 1.807) is 6.92 Å². The number of halogens is 4. The monoisotopic (exact) mass is 332 g/mol. The molecule has 114 valence electrons. The van der Waals surface area contributed by atoms with Gasteiger partial charge in [-0.2, -0.15) is 13.2 Å². The number of hydrogen-bond acceptors (Lipinski definition) is 4. The van der Waals surface area contributed by atoms with Gasteiger partial charge in [0.25, 0.3) is 0 Å². The highest BCUT2D eigenvalue weighted by molar-refractivity contribution is 7.89. The molecule has 1 unspecified atom stereocenters. The van der Waals surface area contributed by atoms with Crippen molar-refractivity contribution in [2.45, 2.75) is 30.5 Å². The molecular formula is C10H12ClF3N2O3S. The van der Waals surface area contributed by atoms with Crippen LogP contribution >= 0.6 is 11.6 Å². The first-order valence-electron chi connectivity index (χ1n) is 5.48. The van der Waals surface area contributed by atoms with Crippen molar-refractivity contribution >= 4 is 21.6 Å². The molecule has 0 aliphatic heterocycles. The fourth-order valence-corrected chi connectivity index (χ4v) is 2.73. The molecule has 5 nitrogen and oxygen atoms in total. The summed E-state index contributed by atoms with van der Waals surface area (Å²) in [6, 6.07) is 0.399. The Bertz CT molecular complexity index is 578. The molecule has 0 radical (unpaired) electrons. The molecular weight excluding hydrogens is 321 g/mol. The minimum absolute atomic E-state index is 0.289. The maximum atomic E-state index is 12.5. The summed E-state index contributed by atoms with van der Waals surface area (Å²) in [6.07, 6.45) is -4.94. The van der Waals surface area contributed by atoms with E-state index in [1.807, 2.05) is 4.72 Å². The lowest BCUT2D eigenvalue weighted by Crippen LogP contribution is -2.32. The van der Waals surface area contributed by atoms with Crippen LogP contribution in [0.15, 0.2) is 17.2 Å². The van der Waals surface area contributed by atoms with Crippen molar-refractivity contribution in [2.24, 2.45) is 0 Å². The van der Waals surface area contributed by atoms with Crippen molar-refractivity contribution < 1.29 is 26.7 Å². The van der Waals surface area contributed by atoms with E-state index in [0.29, 0.717) is 12.3 Å². The first-order chi connectivity index (χ1) is 9.08. The highest BCUT2D eigenvalue weighted by atomic mass is 35.5. The minimum Gasteiger partial charge on any atom is -0.392 e. The molecule has 1 atom stereocenters. The van der Waals surface area contributed by atoms with Crippen LogP contribution < -0.4 is 4.72 Å². The summed E-state index contributed by atoms with van der Waals surface area (Å²) in [7, 11) is -4.28. The Kier molecular flexibility index (Phi) is 5.36. The lowest BCUT2D eigenvalue weighted by Gasteiger charge is -2.12. The second-order valence-electron chi connectivity index (χ2n) is 3.92. The van der Waals surface area contributed by atoms with Crippen molar-refractivity contribution in [3.8, 4) is 0 Å². The molecule has 0 spiro atoms. The number of rotatable bonds is 5. The third-order valence-corrected chi connectivity index (χ3v) is 4.25. The summed E-state index contributed by atoms with van der Waals surface area (Å²) in [5.74, 6) is 0. The van der Waals surface area contributed by atoms with Gasteiger partial charge in [0.15, 0.2) is 0 Å². The zero-order valence-corrected chi connectivity index (χ0v) is 11.8. The topological polar surface area (TPSA) is 79.3 Å². The zero-order valence-electron chi connectivity index (χ0n) is 10.3. The molecule has 0 aromatic carbocycles.